The number of amides is 1. The van der Waals surface area contributed by atoms with Crippen LogP contribution in [-0.2, 0) is 0 Å². The number of hydrogen-bond acceptors (Lipinski definition) is 4. The molecule has 0 unspecified atom stereocenters. The highest BCUT2D eigenvalue weighted by Gasteiger charge is 2.26. The van der Waals surface area contributed by atoms with Gasteiger partial charge < -0.3 is 19.4 Å². The molecule has 1 aromatic carbocycles. The van der Waals surface area contributed by atoms with E-state index in [1.807, 2.05) is 0 Å². The van der Waals surface area contributed by atoms with Gasteiger partial charge in [0.1, 0.15) is 5.82 Å². The maximum atomic E-state index is 13.3. The average molecular weight is 349 g/mol. The number of likely N-dealkylation sites (tertiary alicyclic amines) is 1. The van der Waals surface area contributed by atoms with Crippen LogP contribution < -0.4 is 0 Å². The number of hydrogen-bond donors (Lipinski definition) is 1. The maximum absolute atomic E-state index is 13.3. The lowest BCUT2D eigenvalue weighted by atomic mass is 9.91. The smallest absolute Gasteiger partial charge is 0.407 e. The zero-order chi connectivity index (χ0) is 18.0. The molecular weight excluding hydrogens is 325 g/mol. The predicted molar refractivity (Wildman–Crippen MR) is 92.2 cm³/mol. The van der Waals surface area contributed by atoms with Gasteiger partial charge >= 0.3 is 6.09 Å². The van der Waals surface area contributed by atoms with Gasteiger partial charge in [-0.1, -0.05) is 12.1 Å². The number of aromatic nitrogens is 1. The van der Waals surface area contributed by atoms with Crippen LogP contribution in [0.15, 0.2) is 22.7 Å². The van der Waals surface area contributed by atoms with Crippen LogP contribution in [0.4, 0.5) is 9.18 Å². The highest BCUT2D eigenvalue weighted by molar-refractivity contribution is 5.79. The summed E-state index contributed by atoms with van der Waals surface area (Å²) in [6, 6.07) is 4.56. The molecule has 3 rings (SSSR count). The fraction of sp³-hybridized carbons (Fsp3) is 0.556. The zero-order valence-electron chi connectivity index (χ0n) is 14.6. The molecule has 2 heterocycles. The number of benzene rings is 1. The van der Waals surface area contributed by atoms with Crippen molar-refractivity contribution >= 4 is 17.1 Å². The van der Waals surface area contributed by atoms with Gasteiger partial charge in [0.15, 0.2) is 5.58 Å². The highest BCUT2D eigenvalue weighted by Crippen LogP contribution is 2.32. The minimum atomic E-state index is -0.889. The summed E-state index contributed by atoms with van der Waals surface area (Å²) in [5.41, 5.74) is 1.43. The van der Waals surface area contributed by atoms with Crippen molar-refractivity contribution in [3.05, 3.63) is 29.7 Å². The summed E-state index contributed by atoms with van der Waals surface area (Å²) in [7, 11) is 1.60. The molecule has 1 aromatic heterocycles. The van der Waals surface area contributed by atoms with Gasteiger partial charge in [-0.15, -0.1) is 0 Å². The van der Waals surface area contributed by atoms with Crippen LogP contribution in [-0.4, -0.2) is 59.4 Å². The molecule has 0 bridgehead atoms. The standard InChI is InChI=1S/C18H24FN3O3/c1-12(10-21(2)18(23)24)11-22-7-5-13(6-8-22)17-15-4-3-14(19)9-16(15)25-20-17/h3-4,9,12-13H,5-8,10-11H2,1-2H3,(H,23,24)/t12-/m1/s1. The quantitative estimate of drug-likeness (QED) is 0.896. The Morgan fingerprint density at radius 3 is 2.88 bits per heavy atom. The molecular formula is C18H24FN3O3. The topological polar surface area (TPSA) is 69.8 Å². The zero-order valence-corrected chi connectivity index (χ0v) is 14.6. The first-order chi connectivity index (χ1) is 11.9. The van der Waals surface area contributed by atoms with Crippen molar-refractivity contribution in [1.82, 2.24) is 15.0 Å². The maximum Gasteiger partial charge on any atom is 0.407 e. The molecule has 0 spiro atoms. The monoisotopic (exact) mass is 349 g/mol. The van der Waals surface area contributed by atoms with E-state index >= 15 is 0 Å². The van der Waals surface area contributed by atoms with Gasteiger partial charge in [-0.05, 0) is 44.0 Å². The fourth-order valence-electron chi connectivity index (χ4n) is 3.66. The lowest BCUT2D eigenvalue weighted by Gasteiger charge is -2.33. The van der Waals surface area contributed by atoms with Gasteiger partial charge in [0, 0.05) is 37.5 Å². The summed E-state index contributed by atoms with van der Waals surface area (Å²) in [6.07, 6.45) is 1.06. The van der Waals surface area contributed by atoms with Crippen LogP contribution >= 0.6 is 0 Å². The SMILES string of the molecule is C[C@@H](CN1CCC(c2noc3cc(F)ccc23)CC1)CN(C)C(=O)O. The summed E-state index contributed by atoms with van der Waals surface area (Å²) in [5, 5.41) is 14.0. The molecule has 0 saturated carbocycles. The molecule has 0 radical (unpaired) electrons. The summed E-state index contributed by atoms with van der Waals surface area (Å²) in [5.74, 6) is 0.291. The molecule has 1 amide bonds. The number of rotatable bonds is 5. The van der Waals surface area contributed by atoms with Crippen molar-refractivity contribution in [2.24, 2.45) is 5.92 Å². The second-order valence-electron chi connectivity index (χ2n) is 7.05. The van der Waals surface area contributed by atoms with Crippen LogP contribution in [0.3, 0.4) is 0 Å². The Labute approximate surface area is 146 Å². The number of carboxylic acid groups (broad SMARTS) is 1. The summed E-state index contributed by atoms with van der Waals surface area (Å²) >= 11 is 0. The van der Waals surface area contributed by atoms with Crippen molar-refractivity contribution < 1.29 is 18.8 Å². The van der Waals surface area contributed by atoms with Gasteiger partial charge in [-0.2, -0.15) is 0 Å². The molecule has 1 N–H and O–H groups in total. The van der Waals surface area contributed by atoms with Crippen LogP contribution in [0.1, 0.15) is 31.4 Å². The number of nitrogens with zero attached hydrogens (tertiary/aromatic N) is 3. The van der Waals surface area contributed by atoms with Crippen molar-refractivity contribution in [2.45, 2.75) is 25.7 Å². The third kappa shape index (κ3) is 4.10. The van der Waals surface area contributed by atoms with Crippen LogP contribution in [0.5, 0.6) is 0 Å². The molecule has 1 aliphatic heterocycles. The Morgan fingerprint density at radius 1 is 1.48 bits per heavy atom. The van der Waals surface area contributed by atoms with Crippen LogP contribution in [0, 0.1) is 11.7 Å². The van der Waals surface area contributed by atoms with E-state index in [2.05, 4.69) is 17.0 Å². The highest BCUT2D eigenvalue weighted by atomic mass is 19.1. The first kappa shape index (κ1) is 17.7. The van der Waals surface area contributed by atoms with Gasteiger partial charge in [0.25, 0.3) is 0 Å². The molecule has 6 nitrogen and oxygen atoms in total. The predicted octanol–water partition coefficient (Wildman–Crippen LogP) is 3.39. The fourth-order valence-corrected chi connectivity index (χ4v) is 3.66. The minimum absolute atomic E-state index is 0.286. The Kier molecular flexibility index (Phi) is 5.22. The van der Waals surface area contributed by atoms with E-state index in [1.165, 1.54) is 17.0 Å². The van der Waals surface area contributed by atoms with E-state index < -0.39 is 6.09 Å². The summed E-state index contributed by atoms with van der Waals surface area (Å²) in [6.45, 7) is 5.39. The molecule has 0 aliphatic carbocycles. The number of fused-ring (bicyclic) bond motifs is 1. The number of carbonyl (C=O) groups is 1. The Morgan fingerprint density at radius 2 is 2.20 bits per heavy atom. The Hall–Kier alpha value is -2.15. The van der Waals surface area contributed by atoms with Gasteiger partial charge in [0.2, 0.25) is 0 Å². The van der Waals surface area contributed by atoms with E-state index in [9.17, 15) is 9.18 Å². The second kappa shape index (κ2) is 7.39. The molecule has 136 valence electrons. The molecule has 1 atom stereocenters. The van der Waals surface area contributed by atoms with Crippen molar-refractivity contribution in [1.29, 1.82) is 0 Å². The van der Waals surface area contributed by atoms with Crippen molar-refractivity contribution in [3.8, 4) is 0 Å². The largest absolute Gasteiger partial charge is 0.465 e. The Bertz CT molecular complexity index is 740. The van der Waals surface area contributed by atoms with E-state index in [0.717, 1.165) is 43.6 Å². The average Bonchev–Trinajstić information content (AvgIpc) is 2.98. The lowest BCUT2D eigenvalue weighted by Crippen LogP contribution is -2.39. The Balaban J connectivity index is 1.55. The van der Waals surface area contributed by atoms with Crippen molar-refractivity contribution in [3.63, 3.8) is 0 Å². The second-order valence-corrected chi connectivity index (χ2v) is 7.05. The van der Waals surface area contributed by atoms with E-state index in [-0.39, 0.29) is 11.7 Å². The third-order valence-electron chi connectivity index (χ3n) is 4.92. The molecule has 1 fully saturated rings. The molecule has 25 heavy (non-hydrogen) atoms. The van der Waals surface area contributed by atoms with E-state index in [1.54, 1.807) is 13.1 Å². The van der Waals surface area contributed by atoms with E-state index in [0.29, 0.717) is 18.0 Å². The molecule has 1 aliphatic rings. The van der Waals surface area contributed by atoms with Crippen molar-refractivity contribution in [2.75, 3.05) is 33.2 Å². The minimum Gasteiger partial charge on any atom is -0.465 e. The first-order valence-corrected chi connectivity index (χ1v) is 8.65. The van der Waals surface area contributed by atoms with E-state index in [4.69, 9.17) is 9.63 Å². The molecule has 2 aromatic rings. The van der Waals surface area contributed by atoms with Crippen LogP contribution in [0.2, 0.25) is 0 Å². The van der Waals surface area contributed by atoms with Gasteiger partial charge in [-0.3, -0.25) is 0 Å². The molecule has 7 heteroatoms. The van der Waals surface area contributed by atoms with Gasteiger partial charge in [-0.25, -0.2) is 9.18 Å². The summed E-state index contributed by atoms with van der Waals surface area (Å²) < 4.78 is 18.5. The van der Waals surface area contributed by atoms with Crippen LogP contribution in [0.25, 0.3) is 11.0 Å². The summed E-state index contributed by atoms with van der Waals surface area (Å²) in [4.78, 5) is 14.6. The normalized spacial score (nSPS) is 17.7. The molecule has 1 saturated heterocycles. The van der Waals surface area contributed by atoms with Gasteiger partial charge in [0.05, 0.1) is 5.69 Å². The number of piperidine rings is 1. The lowest BCUT2D eigenvalue weighted by molar-refractivity contribution is 0.136. The third-order valence-corrected chi connectivity index (χ3v) is 4.92. The first-order valence-electron chi connectivity index (χ1n) is 8.65. The number of halogens is 1.